The van der Waals surface area contributed by atoms with Crippen LogP contribution in [0, 0.1) is 0 Å². The predicted molar refractivity (Wildman–Crippen MR) is 124 cm³/mol. The molecule has 1 atom stereocenters. The van der Waals surface area contributed by atoms with Crippen molar-refractivity contribution in [2.75, 3.05) is 12.3 Å². The molecule has 1 aromatic heterocycles. The Morgan fingerprint density at radius 1 is 1.06 bits per heavy atom. The zero-order valence-electron chi connectivity index (χ0n) is 18.3. The Morgan fingerprint density at radius 2 is 1.78 bits per heavy atom. The van der Waals surface area contributed by atoms with Gasteiger partial charge >= 0.3 is 0 Å². The highest BCUT2D eigenvalue weighted by molar-refractivity contribution is 7.99. The molecule has 166 valence electrons. The van der Waals surface area contributed by atoms with Crippen molar-refractivity contribution < 1.29 is 9.59 Å². The number of hydrogen-bond acceptors (Lipinski definition) is 5. The van der Waals surface area contributed by atoms with Crippen LogP contribution < -0.4 is 5.32 Å². The largest absolute Gasteiger partial charge is 0.342 e. The van der Waals surface area contributed by atoms with Crippen molar-refractivity contribution in [1.29, 1.82) is 0 Å². The Labute approximate surface area is 192 Å². The number of carbonyl (C=O) groups excluding carboxylic acids is 2. The molecule has 0 unspecified atom stereocenters. The quantitative estimate of drug-likeness (QED) is 0.559. The average molecular weight is 450 g/mol. The molecule has 2 aromatic carbocycles. The molecule has 0 bridgehead atoms. The van der Waals surface area contributed by atoms with E-state index in [1.54, 1.807) is 12.1 Å². The van der Waals surface area contributed by atoms with Crippen LogP contribution in [0.1, 0.15) is 47.2 Å². The summed E-state index contributed by atoms with van der Waals surface area (Å²) in [5.74, 6) is 0.935. The second kappa shape index (κ2) is 9.99. The van der Waals surface area contributed by atoms with E-state index in [9.17, 15) is 9.59 Å². The maximum Gasteiger partial charge on any atom is 0.251 e. The summed E-state index contributed by atoms with van der Waals surface area (Å²) >= 11 is 1.39. The van der Waals surface area contributed by atoms with Crippen LogP contribution in [-0.4, -0.2) is 43.8 Å². The van der Waals surface area contributed by atoms with Crippen LogP contribution in [-0.2, 0) is 24.3 Å². The lowest BCUT2D eigenvalue weighted by Gasteiger charge is -2.28. The third kappa shape index (κ3) is 4.85. The van der Waals surface area contributed by atoms with Crippen molar-refractivity contribution in [2.24, 2.45) is 0 Å². The van der Waals surface area contributed by atoms with Gasteiger partial charge in [0.2, 0.25) is 5.91 Å². The SMILES string of the molecule is CCn1c(SCC(=O)N2CCc3ccccc3C2)nnc1[C@H](C)NC(=O)c1ccccc1. The summed E-state index contributed by atoms with van der Waals surface area (Å²) in [5, 5.41) is 12.3. The van der Waals surface area contributed by atoms with E-state index in [1.165, 1.54) is 22.9 Å². The summed E-state index contributed by atoms with van der Waals surface area (Å²) in [4.78, 5) is 27.2. The maximum absolute atomic E-state index is 12.8. The standard InChI is InChI=1S/C24H27N5O2S/c1-3-29-22(17(2)25-23(31)19-10-5-4-6-11-19)26-27-24(29)32-16-21(30)28-14-13-18-9-7-8-12-20(18)15-28/h4-12,17H,3,13-16H2,1-2H3,(H,25,31)/t17-/m0/s1. The first-order chi connectivity index (χ1) is 15.6. The lowest BCUT2D eigenvalue weighted by molar-refractivity contribution is -0.129. The molecule has 1 N–H and O–H groups in total. The van der Waals surface area contributed by atoms with E-state index < -0.39 is 0 Å². The van der Waals surface area contributed by atoms with E-state index in [4.69, 9.17) is 0 Å². The molecule has 0 radical (unpaired) electrons. The smallest absolute Gasteiger partial charge is 0.251 e. The second-order valence-corrected chi connectivity index (χ2v) is 8.71. The Kier molecular flexibility index (Phi) is 6.90. The fourth-order valence-electron chi connectivity index (χ4n) is 3.88. The fourth-order valence-corrected chi connectivity index (χ4v) is 4.80. The molecule has 32 heavy (non-hydrogen) atoms. The van der Waals surface area contributed by atoms with Crippen LogP contribution in [0.15, 0.2) is 59.8 Å². The van der Waals surface area contributed by atoms with Gasteiger partial charge in [-0.15, -0.1) is 10.2 Å². The predicted octanol–water partition coefficient (Wildman–Crippen LogP) is 3.47. The van der Waals surface area contributed by atoms with Crippen molar-refractivity contribution in [2.45, 2.75) is 44.6 Å². The fraction of sp³-hybridized carbons (Fsp3) is 0.333. The number of rotatable bonds is 7. The molecule has 3 aromatic rings. The number of benzene rings is 2. The average Bonchev–Trinajstić information content (AvgIpc) is 3.25. The molecule has 2 amide bonds. The molecule has 1 aliphatic rings. The number of nitrogens with zero attached hydrogens (tertiary/aromatic N) is 4. The van der Waals surface area contributed by atoms with Crippen molar-refractivity contribution in [3.63, 3.8) is 0 Å². The Balaban J connectivity index is 1.38. The lowest BCUT2D eigenvalue weighted by atomic mass is 10.00. The van der Waals surface area contributed by atoms with Crippen LogP contribution in [0.3, 0.4) is 0 Å². The van der Waals surface area contributed by atoms with Crippen LogP contribution >= 0.6 is 11.8 Å². The summed E-state index contributed by atoms with van der Waals surface area (Å²) in [6, 6.07) is 17.1. The number of thioether (sulfide) groups is 1. The van der Waals surface area contributed by atoms with E-state index >= 15 is 0 Å². The molecule has 0 saturated carbocycles. The second-order valence-electron chi connectivity index (χ2n) is 7.77. The first-order valence-corrected chi connectivity index (χ1v) is 11.8. The van der Waals surface area contributed by atoms with Crippen molar-refractivity contribution >= 4 is 23.6 Å². The van der Waals surface area contributed by atoms with Crippen LogP contribution in [0.5, 0.6) is 0 Å². The molecule has 8 heteroatoms. The molecule has 7 nitrogen and oxygen atoms in total. The normalized spacial score (nSPS) is 14.0. The molecule has 1 aliphatic heterocycles. The molecular weight excluding hydrogens is 422 g/mol. The summed E-state index contributed by atoms with van der Waals surface area (Å²) in [6.07, 6.45) is 0.889. The Hall–Kier alpha value is -3.13. The highest BCUT2D eigenvalue weighted by Gasteiger charge is 2.23. The minimum absolute atomic E-state index is 0.0992. The molecule has 2 heterocycles. The van der Waals surface area contributed by atoms with Crippen LogP contribution in [0.2, 0.25) is 0 Å². The number of amides is 2. The minimum atomic E-state index is -0.307. The van der Waals surface area contributed by atoms with Gasteiger partial charge in [-0.25, -0.2) is 0 Å². The van der Waals surface area contributed by atoms with Gasteiger partial charge in [-0.2, -0.15) is 0 Å². The third-order valence-corrected chi connectivity index (χ3v) is 6.59. The number of aromatic nitrogens is 3. The highest BCUT2D eigenvalue weighted by atomic mass is 32.2. The molecular formula is C24H27N5O2S. The van der Waals surface area contributed by atoms with Gasteiger partial charge in [-0.3, -0.25) is 9.59 Å². The number of carbonyl (C=O) groups is 2. The first-order valence-electron chi connectivity index (χ1n) is 10.8. The maximum atomic E-state index is 12.8. The van der Waals surface area contributed by atoms with E-state index in [1.807, 2.05) is 53.6 Å². The molecule has 0 saturated heterocycles. The summed E-state index contributed by atoms with van der Waals surface area (Å²) in [7, 11) is 0. The van der Waals surface area contributed by atoms with E-state index in [2.05, 4.69) is 27.6 Å². The number of hydrogen-bond donors (Lipinski definition) is 1. The summed E-state index contributed by atoms with van der Waals surface area (Å²) in [5.41, 5.74) is 3.15. The zero-order valence-corrected chi connectivity index (χ0v) is 19.1. The van der Waals surface area contributed by atoms with Crippen molar-refractivity contribution in [1.82, 2.24) is 25.0 Å². The van der Waals surface area contributed by atoms with E-state index in [0.29, 0.717) is 35.4 Å². The van der Waals surface area contributed by atoms with E-state index in [0.717, 1.165) is 13.0 Å². The van der Waals surface area contributed by atoms with Crippen LogP contribution in [0.25, 0.3) is 0 Å². The van der Waals surface area contributed by atoms with Gasteiger partial charge in [0.05, 0.1) is 11.8 Å². The van der Waals surface area contributed by atoms with Gasteiger partial charge in [0.15, 0.2) is 11.0 Å². The monoisotopic (exact) mass is 449 g/mol. The van der Waals surface area contributed by atoms with Gasteiger partial charge in [0, 0.05) is 25.2 Å². The van der Waals surface area contributed by atoms with Gasteiger partial charge < -0.3 is 14.8 Å². The lowest BCUT2D eigenvalue weighted by Crippen LogP contribution is -2.37. The van der Waals surface area contributed by atoms with Gasteiger partial charge in [-0.1, -0.05) is 54.2 Å². The van der Waals surface area contributed by atoms with Gasteiger partial charge in [0.1, 0.15) is 0 Å². The van der Waals surface area contributed by atoms with E-state index in [-0.39, 0.29) is 17.9 Å². The molecule has 4 rings (SSSR count). The Bertz CT molecular complexity index is 1100. The molecule has 0 aliphatic carbocycles. The third-order valence-electron chi connectivity index (χ3n) is 5.64. The topological polar surface area (TPSA) is 80.1 Å². The molecule has 0 fully saturated rings. The van der Waals surface area contributed by atoms with Crippen LogP contribution in [0.4, 0.5) is 0 Å². The van der Waals surface area contributed by atoms with Gasteiger partial charge in [0.25, 0.3) is 5.91 Å². The molecule has 0 spiro atoms. The highest BCUT2D eigenvalue weighted by Crippen LogP contribution is 2.23. The van der Waals surface area contributed by atoms with Crippen molar-refractivity contribution in [3.8, 4) is 0 Å². The number of nitrogens with one attached hydrogen (secondary N) is 1. The zero-order chi connectivity index (χ0) is 22.5. The minimum Gasteiger partial charge on any atom is -0.342 e. The summed E-state index contributed by atoms with van der Waals surface area (Å²) < 4.78 is 1.96. The number of fused-ring (bicyclic) bond motifs is 1. The Morgan fingerprint density at radius 3 is 2.53 bits per heavy atom. The van der Waals surface area contributed by atoms with Crippen molar-refractivity contribution in [3.05, 3.63) is 77.1 Å². The summed E-state index contributed by atoms with van der Waals surface area (Å²) in [6.45, 7) is 5.95. The van der Waals surface area contributed by atoms with Gasteiger partial charge in [-0.05, 0) is 43.5 Å². The first kappa shape index (κ1) is 22.1.